The third kappa shape index (κ3) is 4.34. The molecule has 0 spiro atoms. The minimum Gasteiger partial charge on any atom is -0.379 e. The van der Waals surface area contributed by atoms with Crippen LogP contribution in [0.1, 0.15) is 15.9 Å². The molecule has 2 rings (SSSR count). The maximum Gasteiger partial charge on any atom is 0.339 e. The second kappa shape index (κ2) is 6.99. The monoisotopic (exact) mass is 329 g/mol. The smallest absolute Gasteiger partial charge is 0.339 e. The lowest BCUT2D eigenvalue weighted by atomic mass is 10.2. The van der Waals surface area contributed by atoms with Gasteiger partial charge in [0.05, 0.1) is 6.54 Å². The number of hydrogen-bond acceptors (Lipinski definition) is 4. The summed E-state index contributed by atoms with van der Waals surface area (Å²) in [5.74, 6) is 2.15. The van der Waals surface area contributed by atoms with Crippen LogP contribution < -0.4 is 9.50 Å². The van der Waals surface area contributed by atoms with E-state index in [2.05, 4.69) is 11.2 Å². The maximum atomic E-state index is 12.2. The molecule has 118 valence electrons. The summed E-state index contributed by atoms with van der Waals surface area (Å²) in [5.41, 5.74) is 1.31. The average molecular weight is 329 g/mol. The third-order valence-electron chi connectivity index (χ3n) is 2.98. The van der Waals surface area contributed by atoms with Crippen LogP contribution in [0, 0.1) is 19.3 Å². The van der Waals surface area contributed by atoms with Gasteiger partial charge in [-0.15, -0.1) is 6.42 Å². The Hall–Kier alpha value is -2.78. The Labute approximate surface area is 135 Å². The number of carbonyl (C=O) groups excluding carboxylic acids is 1. The molecule has 0 fully saturated rings. The number of hydrogen-bond donors (Lipinski definition) is 1. The van der Waals surface area contributed by atoms with Gasteiger partial charge in [-0.2, -0.15) is 8.42 Å². The van der Waals surface area contributed by atoms with Gasteiger partial charge < -0.3 is 9.50 Å². The molecule has 5 nitrogen and oxygen atoms in total. The van der Waals surface area contributed by atoms with E-state index in [4.69, 9.17) is 10.6 Å². The highest BCUT2D eigenvalue weighted by Gasteiger charge is 2.17. The molecule has 0 atom stereocenters. The zero-order chi connectivity index (χ0) is 16.9. The van der Waals surface area contributed by atoms with Crippen molar-refractivity contribution < 1.29 is 17.4 Å². The molecule has 2 aromatic rings. The first-order valence-electron chi connectivity index (χ1n) is 6.75. The molecule has 1 N–H and O–H groups in total. The van der Waals surface area contributed by atoms with Crippen LogP contribution in [0.3, 0.4) is 0 Å². The van der Waals surface area contributed by atoms with Crippen molar-refractivity contribution in [2.24, 2.45) is 0 Å². The van der Waals surface area contributed by atoms with Crippen LogP contribution in [0.15, 0.2) is 53.4 Å². The normalized spacial score (nSPS) is 10.6. The van der Waals surface area contributed by atoms with Gasteiger partial charge in [-0.25, -0.2) is 0 Å². The highest BCUT2D eigenvalue weighted by Crippen LogP contribution is 2.19. The summed E-state index contributed by atoms with van der Waals surface area (Å²) in [6.07, 6.45) is 5.06. The van der Waals surface area contributed by atoms with E-state index in [1.165, 1.54) is 24.3 Å². The molecule has 0 saturated heterocycles. The SMILES string of the molecule is C#CCNC(=O)c1ccc(S(=O)(=O)Oc2ccc(C)cc2)cc1. The van der Waals surface area contributed by atoms with Gasteiger partial charge in [0.15, 0.2) is 0 Å². The summed E-state index contributed by atoms with van der Waals surface area (Å²) in [4.78, 5) is 11.7. The van der Waals surface area contributed by atoms with Crippen molar-refractivity contribution in [1.29, 1.82) is 0 Å². The highest BCUT2D eigenvalue weighted by molar-refractivity contribution is 7.87. The largest absolute Gasteiger partial charge is 0.379 e. The van der Waals surface area contributed by atoms with Crippen molar-refractivity contribution >= 4 is 16.0 Å². The fraction of sp³-hybridized carbons (Fsp3) is 0.118. The van der Waals surface area contributed by atoms with E-state index >= 15 is 0 Å². The number of carbonyl (C=O) groups is 1. The van der Waals surface area contributed by atoms with Gasteiger partial charge in [0, 0.05) is 5.56 Å². The van der Waals surface area contributed by atoms with Gasteiger partial charge in [0.1, 0.15) is 10.6 Å². The Bertz CT molecular complexity index is 832. The van der Waals surface area contributed by atoms with E-state index in [0.29, 0.717) is 5.56 Å². The summed E-state index contributed by atoms with van der Waals surface area (Å²) in [6, 6.07) is 12.1. The van der Waals surface area contributed by atoms with Crippen LogP contribution in [0.5, 0.6) is 5.75 Å². The topological polar surface area (TPSA) is 72.5 Å². The molecule has 2 aromatic carbocycles. The molecule has 0 radical (unpaired) electrons. The van der Waals surface area contributed by atoms with Gasteiger partial charge in [0.25, 0.3) is 5.91 Å². The minimum atomic E-state index is -3.95. The summed E-state index contributed by atoms with van der Waals surface area (Å²) in [7, 11) is -3.95. The fourth-order valence-electron chi connectivity index (χ4n) is 1.77. The first kappa shape index (κ1) is 16.6. The van der Waals surface area contributed by atoms with Gasteiger partial charge in [-0.1, -0.05) is 23.6 Å². The van der Waals surface area contributed by atoms with Gasteiger partial charge in [0.2, 0.25) is 0 Å². The van der Waals surface area contributed by atoms with Crippen molar-refractivity contribution in [2.75, 3.05) is 6.54 Å². The molecule has 0 aliphatic carbocycles. The molecule has 0 bridgehead atoms. The summed E-state index contributed by atoms with van der Waals surface area (Å²) < 4.78 is 29.4. The number of aryl methyl sites for hydroxylation is 1. The second-order valence-electron chi connectivity index (χ2n) is 4.76. The summed E-state index contributed by atoms with van der Waals surface area (Å²) in [5, 5.41) is 2.50. The second-order valence-corrected chi connectivity index (χ2v) is 6.31. The van der Waals surface area contributed by atoms with E-state index in [-0.39, 0.29) is 23.1 Å². The predicted molar refractivity (Wildman–Crippen MR) is 86.6 cm³/mol. The molecule has 0 saturated carbocycles. The standard InChI is InChI=1S/C17H15NO4S/c1-3-12-18-17(19)14-6-10-16(11-7-14)23(20,21)22-15-8-4-13(2)5-9-15/h1,4-11H,12H2,2H3,(H,18,19). The van der Waals surface area contributed by atoms with E-state index in [9.17, 15) is 13.2 Å². The lowest BCUT2D eigenvalue weighted by molar-refractivity contribution is 0.0958. The average Bonchev–Trinajstić information content (AvgIpc) is 2.54. The number of amides is 1. The van der Waals surface area contributed by atoms with Crippen molar-refractivity contribution in [3.05, 3.63) is 59.7 Å². The first-order chi connectivity index (χ1) is 10.9. The molecule has 0 aliphatic rings. The molecule has 0 aromatic heterocycles. The number of nitrogens with one attached hydrogen (secondary N) is 1. The van der Waals surface area contributed by atoms with E-state index < -0.39 is 10.1 Å². The van der Waals surface area contributed by atoms with Gasteiger partial charge in [-0.3, -0.25) is 4.79 Å². The Morgan fingerprint density at radius 1 is 1.13 bits per heavy atom. The third-order valence-corrected chi connectivity index (χ3v) is 4.24. The molecular formula is C17H15NO4S. The van der Waals surface area contributed by atoms with Crippen molar-refractivity contribution in [3.63, 3.8) is 0 Å². The Kier molecular flexibility index (Phi) is 5.04. The number of rotatable bonds is 5. The van der Waals surface area contributed by atoms with Crippen molar-refractivity contribution in [2.45, 2.75) is 11.8 Å². The lowest BCUT2D eigenvalue weighted by Crippen LogP contribution is -2.23. The van der Waals surface area contributed by atoms with Gasteiger partial charge >= 0.3 is 10.1 Å². The molecule has 0 unspecified atom stereocenters. The molecular weight excluding hydrogens is 314 g/mol. The first-order valence-corrected chi connectivity index (χ1v) is 8.16. The van der Waals surface area contributed by atoms with Crippen LogP contribution >= 0.6 is 0 Å². The van der Waals surface area contributed by atoms with Crippen molar-refractivity contribution in [3.8, 4) is 18.1 Å². The fourth-order valence-corrected chi connectivity index (χ4v) is 2.71. The molecule has 0 heterocycles. The molecule has 1 amide bonds. The molecule has 0 aliphatic heterocycles. The Morgan fingerprint density at radius 2 is 1.74 bits per heavy atom. The minimum absolute atomic E-state index is 0.0356. The Morgan fingerprint density at radius 3 is 2.30 bits per heavy atom. The zero-order valence-corrected chi connectivity index (χ0v) is 13.3. The zero-order valence-electron chi connectivity index (χ0n) is 12.4. The molecule has 23 heavy (non-hydrogen) atoms. The van der Waals surface area contributed by atoms with E-state index in [0.717, 1.165) is 5.56 Å². The van der Waals surface area contributed by atoms with Crippen LogP contribution in [0.2, 0.25) is 0 Å². The van der Waals surface area contributed by atoms with E-state index in [1.807, 2.05) is 6.92 Å². The van der Waals surface area contributed by atoms with Gasteiger partial charge in [-0.05, 0) is 43.3 Å². The van der Waals surface area contributed by atoms with Crippen LogP contribution in [-0.4, -0.2) is 20.9 Å². The molecule has 6 heteroatoms. The predicted octanol–water partition coefficient (Wildman–Crippen LogP) is 2.13. The maximum absolute atomic E-state index is 12.2. The summed E-state index contributed by atoms with van der Waals surface area (Å²) in [6.45, 7) is 2.00. The lowest BCUT2D eigenvalue weighted by Gasteiger charge is -2.08. The Balaban J connectivity index is 2.15. The number of terminal acetylenes is 1. The summed E-state index contributed by atoms with van der Waals surface area (Å²) >= 11 is 0. The quantitative estimate of drug-likeness (QED) is 0.674. The van der Waals surface area contributed by atoms with Crippen molar-refractivity contribution in [1.82, 2.24) is 5.32 Å². The number of benzene rings is 2. The highest BCUT2D eigenvalue weighted by atomic mass is 32.2. The van der Waals surface area contributed by atoms with Crippen LogP contribution in [0.25, 0.3) is 0 Å². The van der Waals surface area contributed by atoms with E-state index in [1.54, 1.807) is 24.3 Å². The van der Waals surface area contributed by atoms with Crippen LogP contribution in [-0.2, 0) is 10.1 Å². The van der Waals surface area contributed by atoms with Crippen LogP contribution in [0.4, 0.5) is 0 Å².